The van der Waals surface area contributed by atoms with Crippen molar-refractivity contribution in [3.63, 3.8) is 0 Å². The lowest BCUT2D eigenvalue weighted by molar-refractivity contribution is -0.145. The Morgan fingerprint density at radius 3 is 2.65 bits per heavy atom. The Hall–Kier alpha value is -1.06. The fraction of sp³-hybridized carbons (Fsp3) is 0.462. The smallest absolute Gasteiger partial charge is 0.322 e. The summed E-state index contributed by atoms with van der Waals surface area (Å²) in [7, 11) is 0. The van der Waals surface area contributed by atoms with Gasteiger partial charge in [-0.05, 0) is 32.4 Å². The second-order valence-electron chi connectivity index (χ2n) is 3.88. The summed E-state index contributed by atoms with van der Waals surface area (Å²) >= 11 is 6.09. The van der Waals surface area contributed by atoms with Gasteiger partial charge in [0, 0.05) is 11.1 Å². The summed E-state index contributed by atoms with van der Waals surface area (Å²) in [6.45, 7) is 5.94. The van der Waals surface area contributed by atoms with Gasteiger partial charge in [0.05, 0.1) is 6.61 Å². The van der Waals surface area contributed by atoms with Crippen molar-refractivity contribution in [1.29, 1.82) is 0 Å². The molecule has 1 aromatic rings. The monoisotopic (exact) mass is 255 g/mol. The molecular weight excluding hydrogens is 238 g/mol. The normalized spacial score (nSPS) is 14.1. The van der Waals surface area contributed by atoms with Crippen LogP contribution in [0.4, 0.5) is 0 Å². The first-order valence-electron chi connectivity index (χ1n) is 5.73. The third-order valence-electron chi connectivity index (χ3n) is 2.51. The minimum Gasteiger partial charge on any atom is -0.465 e. The highest BCUT2D eigenvalue weighted by atomic mass is 35.5. The van der Waals surface area contributed by atoms with Crippen molar-refractivity contribution in [2.75, 3.05) is 6.61 Å². The van der Waals surface area contributed by atoms with Gasteiger partial charge in [0.15, 0.2) is 0 Å². The fourth-order valence-electron chi connectivity index (χ4n) is 1.63. The van der Waals surface area contributed by atoms with E-state index in [4.69, 9.17) is 16.3 Å². The van der Waals surface area contributed by atoms with Gasteiger partial charge in [-0.1, -0.05) is 29.8 Å². The van der Waals surface area contributed by atoms with E-state index in [0.29, 0.717) is 11.6 Å². The van der Waals surface area contributed by atoms with E-state index in [9.17, 15) is 4.79 Å². The molecular formula is C13H18ClNO2. The first-order chi connectivity index (χ1) is 8.06. The molecule has 0 saturated heterocycles. The molecule has 0 saturated carbocycles. The Morgan fingerprint density at radius 2 is 2.06 bits per heavy atom. The maximum Gasteiger partial charge on any atom is 0.322 e. The van der Waals surface area contributed by atoms with E-state index in [-0.39, 0.29) is 18.1 Å². The van der Waals surface area contributed by atoms with E-state index in [1.54, 1.807) is 13.8 Å². The van der Waals surface area contributed by atoms with Gasteiger partial charge >= 0.3 is 5.97 Å². The zero-order valence-electron chi connectivity index (χ0n) is 10.4. The largest absolute Gasteiger partial charge is 0.465 e. The minimum absolute atomic E-state index is 0.00288. The Bertz CT molecular complexity index is 381. The van der Waals surface area contributed by atoms with Gasteiger partial charge in [0.1, 0.15) is 6.04 Å². The highest BCUT2D eigenvalue weighted by Crippen LogP contribution is 2.22. The average Bonchev–Trinajstić information content (AvgIpc) is 2.29. The second-order valence-corrected chi connectivity index (χ2v) is 4.29. The molecule has 0 spiro atoms. The summed E-state index contributed by atoms with van der Waals surface area (Å²) in [6.07, 6.45) is 0. The van der Waals surface area contributed by atoms with Crippen molar-refractivity contribution in [2.24, 2.45) is 0 Å². The molecule has 2 atom stereocenters. The molecule has 0 aliphatic rings. The van der Waals surface area contributed by atoms with Crippen molar-refractivity contribution in [2.45, 2.75) is 32.9 Å². The molecule has 17 heavy (non-hydrogen) atoms. The maximum atomic E-state index is 11.5. The molecule has 1 rings (SSSR count). The molecule has 1 unspecified atom stereocenters. The molecule has 0 radical (unpaired) electrons. The molecule has 0 aliphatic carbocycles. The molecule has 0 bridgehead atoms. The van der Waals surface area contributed by atoms with Crippen molar-refractivity contribution in [3.8, 4) is 0 Å². The predicted octanol–water partition coefficient (Wildman–Crippen LogP) is 2.94. The van der Waals surface area contributed by atoms with E-state index in [2.05, 4.69) is 5.32 Å². The van der Waals surface area contributed by atoms with E-state index in [1.807, 2.05) is 31.2 Å². The fourth-order valence-corrected chi connectivity index (χ4v) is 1.93. The Kier molecular flexibility index (Phi) is 5.45. The maximum absolute atomic E-state index is 11.5. The Labute approximate surface area is 107 Å². The van der Waals surface area contributed by atoms with Gasteiger partial charge < -0.3 is 4.74 Å². The van der Waals surface area contributed by atoms with Crippen LogP contribution in [0.2, 0.25) is 5.02 Å². The number of hydrogen-bond donors (Lipinski definition) is 1. The van der Waals surface area contributed by atoms with Crippen molar-refractivity contribution in [3.05, 3.63) is 34.9 Å². The number of benzene rings is 1. The zero-order valence-corrected chi connectivity index (χ0v) is 11.1. The number of ether oxygens (including phenoxy) is 1. The van der Waals surface area contributed by atoms with E-state index < -0.39 is 0 Å². The van der Waals surface area contributed by atoms with Crippen LogP contribution in [0.25, 0.3) is 0 Å². The number of carbonyl (C=O) groups excluding carboxylic acids is 1. The number of hydrogen-bond acceptors (Lipinski definition) is 3. The average molecular weight is 256 g/mol. The van der Waals surface area contributed by atoms with Crippen LogP contribution in [-0.4, -0.2) is 18.6 Å². The van der Waals surface area contributed by atoms with Crippen LogP contribution in [0.1, 0.15) is 32.4 Å². The van der Waals surface area contributed by atoms with Gasteiger partial charge in [0.2, 0.25) is 0 Å². The molecule has 94 valence electrons. The molecule has 0 aromatic heterocycles. The molecule has 3 nitrogen and oxygen atoms in total. The van der Waals surface area contributed by atoms with Gasteiger partial charge in [-0.15, -0.1) is 0 Å². The van der Waals surface area contributed by atoms with Crippen LogP contribution in [0, 0.1) is 0 Å². The number of esters is 1. The quantitative estimate of drug-likeness (QED) is 0.822. The number of halogens is 1. The van der Waals surface area contributed by atoms with E-state index >= 15 is 0 Å². The van der Waals surface area contributed by atoms with Gasteiger partial charge in [-0.25, -0.2) is 0 Å². The molecule has 1 aromatic carbocycles. The number of carbonyl (C=O) groups is 1. The third kappa shape index (κ3) is 4.02. The molecule has 0 fully saturated rings. The number of nitrogens with one attached hydrogen (secondary N) is 1. The summed E-state index contributed by atoms with van der Waals surface area (Å²) in [5.41, 5.74) is 0.977. The predicted molar refractivity (Wildman–Crippen MR) is 69.1 cm³/mol. The lowest BCUT2D eigenvalue weighted by Gasteiger charge is -2.19. The molecule has 4 heteroatoms. The zero-order chi connectivity index (χ0) is 12.8. The molecule has 1 N–H and O–H groups in total. The minimum atomic E-state index is -0.346. The van der Waals surface area contributed by atoms with Crippen LogP contribution < -0.4 is 5.32 Å². The summed E-state index contributed by atoms with van der Waals surface area (Å²) in [6, 6.07) is 7.24. The van der Waals surface area contributed by atoms with Crippen LogP contribution in [0.5, 0.6) is 0 Å². The Balaban J connectivity index is 2.63. The van der Waals surface area contributed by atoms with E-state index in [1.165, 1.54) is 0 Å². The molecule has 0 aliphatic heterocycles. The van der Waals surface area contributed by atoms with Gasteiger partial charge in [-0.3, -0.25) is 10.1 Å². The van der Waals surface area contributed by atoms with Crippen molar-refractivity contribution >= 4 is 17.6 Å². The van der Waals surface area contributed by atoms with Crippen LogP contribution in [0.15, 0.2) is 24.3 Å². The van der Waals surface area contributed by atoms with Crippen LogP contribution >= 0.6 is 11.6 Å². The lowest BCUT2D eigenvalue weighted by Crippen LogP contribution is -2.37. The van der Waals surface area contributed by atoms with Crippen molar-refractivity contribution < 1.29 is 9.53 Å². The van der Waals surface area contributed by atoms with Gasteiger partial charge in [-0.2, -0.15) is 0 Å². The second kappa shape index (κ2) is 6.62. The topological polar surface area (TPSA) is 38.3 Å². The molecule has 0 amide bonds. The molecule has 0 heterocycles. The summed E-state index contributed by atoms with van der Waals surface area (Å²) in [5, 5.41) is 3.86. The van der Waals surface area contributed by atoms with Crippen molar-refractivity contribution in [1.82, 2.24) is 5.32 Å². The first kappa shape index (κ1) is 14.0. The SMILES string of the molecule is CCOC(=O)C(C)N[C@H](C)c1ccccc1Cl. The highest BCUT2D eigenvalue weighted by Gasteiger charge is 2.18. The standard InChI is InChI=1S/C13H18ClNO2/c1-4-17-13(16)10(3)15-9(2)11-7-5-6-8-12(11)14/h5-10,15H,4H2,1-3H3/t9-,10?/m1/s1. The number of rotatable bonds is 5. The first-order valence-corrected chi connectivity index (χ1v) is 6.11. The van der Waals surface area contributed by atoms with E-state index in [0.717, 1.165) is 5.56 Å². The summed E-state index contributed by atoms with van der Waals surface area (Å²) in [4.78, 5) is 11.5. The highest BCUT2D eigenvalue weighted by molar-refractivity contribution is 6.31. The summed E-state index contributed by atoms with van der Waals surface area (Å²) < 4.78 is 4.94. The summed E-state index contributed by atoms with van der Waals surface area (Å²) in [5.74, 6) is -0.244. The third-order valence-corrected chi connectivity index (χ3v) is 2.86. The lowest BCUT2D eigenvalue weighted by atomic mass is 10.1. The van der Waals surface area contributed by atoms with Crippen LogP contribution in [-0.2, 0) is 9.53 Å². The van der Waals surface area contributed by atoms with Gasteiger partial charge in [0.25, 0.3) is 0 Å². The Morgan fingerprint density at radius 1 is 1.41 bits per heavy atom. The van der Waals surface area contributed by atoms with Crippen LogP contribution in [0.3, 0.4) is 0 Å².